The second-order valence-electron chi connectivity index (χ2n) is 4.78. The Balaban J connectivity index is 2.85. The van der Waals surface area contributed by atoms with Crippen molar-refractivity contribution in [2.45, 2.75) is 64.4 Å². The number of hydrogen-bond donors (Lipinski definition) is 2. The first kappa shape index (κ1) is 12.0. The van der Waals surface area contributed by atoms with Crippen molar-refractivity contribution in [3.63, 3.8) is 0 Å². The summed E-state index contributed by atoms with van der Waals surface area (Å²) in [7, 11) is 0. The summed E-state index contributed by atoms with van der Waals surface area (Å²) in [6.45, 7) is 4.80. The van der Waals surface area contributed by atoms with Gasteiger partial charge in [-0.3, -0.25) is 0 Å². The van der Waals surface area contributed by atoms with Crippen molar-refractivity contribution in [3.05, 3.63) is 0 Å². The smallest absolute Gasteiger partial charge is 0.0710 e. The molecule has 0 bridgehead atoms. The van der Waals surface area contributed by atoms with E-state index in [1.165, 1.54) is 19.3 Å². The van der Waals surface area contributed by atoms with Crippen LogP contribution in [0.3, 0.4) is 0 Å². The number of aliphatic hydroxyl groups is 1. The fourth-order valence-electron chi connectivity index (χ4n) is 3.09. The predicted molar refractivity (Wildman–Crippen MR) is 60.1 cm³/mol. The lowest BCUT2D eigenvalue weighted by molar-refractivity contribution is -0.104. The highest BCUT2D eigenvalue weighted by molar-refractivity contribution is 4.99. The van der Waals surface area contributed by atoms with Gasteiger partial charge in [0, 0.05) is 12.0 Å². The zero-order chi connectivity index (χ0) is 10.7. The highest BCUT2D eigenvalue weighted by atomic mass is 16.3. The number of hydrogen-bond acceptors (Lipinski definition) is 2. The highest BCUT2D eigenvalue weighted by Gasteiger charge is 2.47. The predicted octanol–water partition coefficient (Wildman–Crippen LogP) is 2.45. The molecule has 1 saturated carbocycles. The second-order valence-corrected chi connectivity index (χ2v) is 4.78. The molecule has 1 rings (SSSR count). The molecule has 1 aliphatic rings. The molecular formula is C12H25NO. The third kappa shape index (κ3) is 1.82. The third-order valence-electron chi connectivity index (χ3n) is 4.36. The summed E-state index contributed by atoms with van der Waals surface area (Å²) in [6, 6.07) is 0. The van der Waals surface area contributed by atoms with Crippen LogP contribution in [0.15, 0.2) is 0 Å². The van der Waals surface area contributed by atoms with Gasteiger partial charge in [-0.1, -0.05) is 33.1 Å². The molecule has 14 heavy (non-hydrogen) atoms. The van der Waals surface area contributed by atoms with Gasteiger partial charge in [-0.15, -0.1) is 0 Å². The summed E-state index contributed by atoms with van der Waals surface area (Å²) in [5.41, 5.74) is 5.40. The lowest BCUT2D eigenvalue weighted by atomic mass is 9.61. The minimum absolute atomic E-state index is 0.00868. The van der Waals surface area contributed by atoms with E-state index in [4.69, 9.17) is 5.73 Å². The molecule has 2 heteroatoms. The first-order chi connectivity index (χ1) is 6.64. The molecule has 0 saturated heterocycles. The first-order valence-electron chi connectivity index (χ1n) is 6.06. The van der Waals surface area contributed by atoms with Crippen molar-refractivity contribution in [2.75, 3.05) is 6.54 Å². The van der Waals surface area contributed by atoms with Crippen molar-refractivity contribution >= 4 is 0 Å². The Morgan fingerprint density at radius 3 is 2.00 bits per heavy atom. The average Bonchev–Trinajstić information content (AvgIpc) is 2.28. The summed E-state index contributed by atoms with van der Waals surface area (Å²) in [5.74, 6) is 0. The van der Waals surface area contributed by atoms with Crippen molar-refractivity contribution in [1.82, 2.24) is 0 Å². The van der Waals surface area contributed by atoms with Crippen LogP contribution in [-0.4, -0.2) is 17.3 Å². The largest absolute Gasteiger partial charge is 0.389 e. The van der Waals surface area contributed by atoms with Gasteiger partial charge in [0.2, 0.25) is 0 Å². The van der Waals surface area contributed by atoms with Gasteiger partial charge in [0.25, 0.3) is 0 Å². The van der Waals surface area contributed by atoms with Crippen LogP contribution in [0.2, 0.25) is 0 Å². The van der Waals surface area contributed by atoms with E-state index in [1.54, 1.807) is 0 Å². The standard InChI is InChI=1S/C12H25NO/c1-3-12(14,4-2)11(10-13)8-6-5-7-9-11/h14H,3-10,13H2,1-2H3. The van der Waals surface area contributed by atoms with Crippen LogP contribution < -0.4 is 5.73 Å². The van der Waals surface area contributed by atoms with Gasteiger partial charge in [0.15, 0.2) is 0 Å². The normalized spacial score (nSPS) is 22.3. The van der Waals surface area contributed by atoms with Gasteiger partial charge in [-0.25, -0.2) is 0 Å². The number of nitrogens with two attached hydrogens (primary N) is 1. The van der Waals surface area contributed by atoms with Crippen molar-refractivity contribution < 1.29 is 5.11 Å². The highest BCUT2D eigenvalue weighted by Crippen LogP contribution is 2.47. The van der Waals surface area contributed by atoms with E-state index in [-0.39, 0.29) is 5.41 Å². The zero-order valence-corrected chi connectivity index (χ0v) is 9.68. The molecule has 0 aliphatic heterocycles. The number of rotatable bonds is 4. The molecule has 1 fully saturated rings. The van der Waals surface area contributed by atoms with E-state index >= 15 is 0 Å². The molecular weight excluding hydrogens is 174 g/mol. The average molecular weight is 199 g/mol. The van der Waals surface area contributed by atoms with Crippen LogP contribution in [0.5, 0.6) is 0 Å². The molecule has 0 amide bonds. The Bertz CT molecular complexity index is 169. The van der Waals surface area contributed by atoms with Gasteiger partial charge in [0.05, 0.1) is 5.60 Å². The second kappa shape index (κ2) is 4.63. The van der Waals surface area contributed by atoms with Crippen LogP contribution >= 0.6 is 0 Å². The molecule has 0 atom stereocenters. The van der Waals surface area contributed by atoms with Crippen LogP contribution in [0.25, 0.3) is 0 Å². The van der Waals surface area contributed by atoms with Crippen molar-refractivity contribution in [2.24, 2.45) is 11.1 Å². The molecule has 0 aromatic heterocycles. The molecule has 0 aromatic carbocycles. The van der Waals surface area contributed by atoms with Gasteiger partial charge >= 0.3 is 0 Å². The Kier molecular flexibility index (Phi) is 3.96. The van der Waals surface area contributed by atoms with E-state index in [2.05, 4.69) is 13.8 Å². The summed E-state index contributed by atoms with van der Waals surface area (Å²) in [4.78, 5) is 0. The Hall–Kier alpha value is -0.0800. The van der Waals surface area contributed by atoms with Gasteiger partial charge in [-0.05, 0) is 25.7 Å². The van der Waals surface area contributed by atoms with Crippen molar-refractivity contribution in [3.8, 4) is 0 Å². The van der Waals surface area contributed by atoms with Gasteiger partial charge < -0.3 is 10.8 Å². The summed E-state index contributed by atoms with van der Waals surface area (Å²) < 4.78 is 0. The van der Waals surface area contributed by atoms with E-state index in [0.717, 1.165) is 25.7 Å². The van der Waals surface area contributed by atoms with Crippen molar-refractivity contribution in [1.29, 1.82) is 0 Å². The minimum Gasteiger partial charge on any atom is -0.389 e. The molecule has 1 aliphatic carbocycles. The van der Waals surface area contributed by atoms with E-state index in [1.807, 2.05) is 0 Å². The molecule has 0 aromatic rings. The van der Waals surface area contributed by atoms with Gasteiger partial charge in [-0.2, -0.15) is 0 Å². The third-order valence-corrected chi connectivity index (χ3v) is 4.36. The maximum absolute atomic E-state index is 10.6. The Morgan fingerprint density at radius 1 is 1.14 bits per heavy atom. The minimum atomic E-state index is -0.526. The topological polar surface area (TPSA) is 46.2 Å². The van der Waals surface area contributed by atoms with E-state index in [9.17, 15) is 5.11 Å². The van der Waals surface area contributed by atoms with E-state index < -0.39 is 5.60 Å². The summed E-state index contributed by atoms with van der Waals surface area (Å²) in [6.07, 6.45) is 7.68. The Morgan fingerprint density at radius 2 is 1.64 bits per heavy atom. The molecule has 0 heterocycles. The zero-order valence-electron chi connectivity index (χ0n) is 9.68. The summed E-state index contributed by atoms with van der Waals surface area (Å²) >= 11 is 0. The SMILES string of the molecule is CCC(O)(CC)C1(CN)CCCCC1. The fourth-order valence-corrected chi connectivity index (χ4v) is 3.09. The molecule has 0 unspecified atom stereocenters. The lowest BCUT2D eigenvalue weighted by Gasteiger charge is -2.48. The van der Waals surface area contributed by atoms with E-state index in [0.29, 0.717) is 6.54 Å². The first-order valence-corrected chi connectivity index (χ1v) is 6.06. The Labute approximate surface area is 87.9 Å². The maximum atomic E-state index is 10.6. The maximum Gasteiger partial charge on any atom is 0.0710 e. The molecule has 84 valence electrons. The van der Waals surface area contributed by atoms with Crippen LogP contribution in [0.1, 0.15) is 58.8 Å². The molecule has 3 N–H and O–H groups in total. The molecule has 2 nitrogen and oxygen atoms in total. The lowest BCUT2D eigenvalue weighted by Crippen LogP contribution is -2.53. The quantitative estimate of drug-likeness (QED) is 0.730. The van der Waals surface area contributed by atoms with Gasteiger partial charge in [0.1, 0.15) is 0 Å². The monoisotopic (exact) mass is 199 g/mol. The summed E-state index contributed by atoms with van der Waals surface area (Å²) in [5, 5.41) is 10.6. The fraction of sp³-hybridized carbons (Fsp3) is 1.00. The van der Waals surface area contributed by atoms with Crippen LogP contribution in [-0.2, 0) is 0 Å². The van der Waals surface area contributed by atoms with Crippen LogP contribution in [0, 0.1) is 5.41 Å². The van der Waals surface area contributed by atoms with Crippen LogP contribution in [0.4, 0.5) is 0 Å². The molecule has 0 radical (unpaired) electrons. The molecule has 0 spiro atoms.